The summed E-state index contributed by atoms with van der Waals surface area (Å²) in [6.45, 7) is 3.78. The summed E-state index contributed by atoms with van der Waals surface area (Å²) in [6.07, 6.45) is 3.50. The number of aryl methyl sites for hydroxylation is 3. The highest BCUT2D eigenvalue weighted by atomic mass is 32.2. The Hall–Kier alpha value is -1.75. The molecule has 0 radical (unpaired) electrons. The fourth-order valence-corrected chi connectivity index (χ4v) is 3.43. The Balaban J connectivity index is 1.54. The molecule has 1 aliphatic carbocycles. The average molecular weight is 316 g/mol. The zero-order valence-corrected chi connectivity index (χ0v) is 13.7. The molecular weight excluding hydrogens is 296 g/mol. The van der Waals surface area contributed by atoms with E-state index >= 15 is 0 Å². The van der Waals surface area contributed by atoms with Crippen LogP contribution in [0.4, 0.5) is 5.69 Å². The van der Waals surface area contributed by atoms with Gasteiger partial charge < -0.3 is 9.84 Å². The molecule has 0 bridgehead atoms. The number of fused-ring (bicyclic) bond motifs is 1. The zero-order valence-electron chi connectivity index (χ0n) is 12.9. The Morgan fingerprint density at radius 2 is 2.18 bits per heavy atom. The summed E-state index contributed by atoms with van der Waals surface area (Å²) in [5.74, 6) is 1.50. The van der Waals surface area contributed by atoms with Crippen LogP contribution in [-0.2, 0) is 23.4 Å². The number of hydrogen-bond donors (Lipinski definition) is 1. The third-order valence-electron chi connectivity index (χ3n) is 3.89. The van der Waals surface area contributed by atoms with Crippen molar-refractivity contribution in [3.63, 3.8) is 0 Å². The predicted octanol–water partition coefficient (Wildman–Crippen LogP) is 3.73. The standard InChI is InChI=1S/C17H20N2O2S/c1-11-8-16(19-21-11)10-22-12(2)17(20)18-15-7-6-13-4-3-5-14(13)9-15/h6-9,12H,3-5,10H2,1-2H3,(H,18,20)/t12-/m0/s1. The van der Waals surface area contributed by atoms with E-state index in [4.69, 9.17) is 4.52 Å². The van der Waals surface area contributed by atoms with Gasteiger partial charge in [0.1, 0.15) is 5.76 Å². The van der Waals surface area contributed by atoms with Gasteiger partial charge in [0.25, 0.3) is 0 Å². The van der Waals surface area contributed by atoms with Crippen LogP contribution in [0, 0.1) is 6.92 Å². The molecule has 1 aromatic heterocycles. The number of hydrogen-bond acceptors (Lipinski definition) is 4. The summed E-state index contributed by atoms with van der Waals surface area (Å²) in [6, 6.07) is 8.14. The minimum atomic E-state index is -0.134. The topological polar surface area (TPSA) is 55.1 Å². The number of anilines is 1. The molecule has 1 N–H and O–H groups in total. The molecule has 0 saturated carbocycles. The third kappa shape index (κ3) is 3.53. The van der Waals surface area contributed by atoms with E-state index in [-0.39, 0.29) is 11.2 Å². The number of carbonyl (C=O) groups excluding carboxylic acids is 1. The van der Waals surface area contributed by atoms with Gasteiger partial charge in [-0.3, -0.25) is 4.79 Å². The number of amides is 1. The first-order valence-corrected chi connectivity index (χ1v) is 8.63. The summed E-state index contributed by atoms with van der Waals surface area (Å²) in [7, 11) is 0. The molecule has 0 unspecified atom stereocenters. The van der Waals surface area contributed by atoms with E-state index in [1.54, 1.807) is 11.8 Å². The molecule has 3 rings (SSSR count). The van der Waals surface area contributed by atoms with Crippen LogP contribution in [-0.4, -0.2) is 16.3 Å². The second kappa shape index (κ2) is 6.57. The molecule has 2 aromatic rings. The lowest BCUT2D eigenvalue weighted by molar-refractivity contribution is -0.115. The zero-order chi connectivity index (χ0) is 15.5. The van der Waals surface area contributed by atoms with Crippen LogP contribution in [0.25, 0.3) is 0 Å². The SMILES string of the molecule is Cc1cc(CS[C@@H](C)C(=O)Nc2ccc3c(c2)CCC3)no1. The largest absolute Gasteiger partial charge is 0.361 e. The van der Waals surface area contributed by atoms with Crippen molar-refractivity contribution in [3.8, 4) is 0 Å². The van der Waals surface area contributed by atoms with Crippen LogP contribution in [0.15, 0.2) is 28.8 Å². The van der Waals surface area contributed by atoms with Crippen LogP contribution in [0.5, 0.6) is 0 Å². The fraction of sp³-hybridized carbons (Fsp3) is 0.412. The maximum Gasteiger partial charge on any atom is 0.237 e. The summed E-state index contributed by atoms with van der Waals surface area (Å²) in [5, 5.41) is 6.82. The molecule has 5 heteroatoms. The highest BCUT2D eigenvalue weighted by Crippen LogP contribution is 2.25. The van der Waals surface area contributed by atoms with Crippen molar-refractivity contribution in [1.29, 1.82) is 0 Å². The lowest BCUT2D eigenvalue weighted by Crippen LogP contribution is -2.22. The van der Waals surface area contributed by atoms with Gasteiger partial charge in [0, 0.05) is 17.5 Å². The van der Waals surface area contributed by atoms with Crippen molar-refractivity contribution in [3.05, 3.63) is 46.8 Å². The van der Waals surface area contributed by atoms with Crippen LogP contribution in [0.3, 0.4) is 0 Å². The second-order valence-corrected chi connectivity index (χ2v) is 7.04. The number of benzene rings is 1. The minimum absolute atomic E-state index is 0.0307. The van der Waals surface area contributed by atoms with Crippen molar-refractivity contribution < 1.29 is 9.32 Å². The van der Waals surface area contributed by atoms with Crippen LogP contribution in [0.1, 0.15) is 35.9 Å². The van der Waals surface area contributed by atoms with Crippen molar-refractivity contribution in [2.45, 2.75) is 44.1 Å². The number of thioether (sulfide) groups is 1. The summed E-state index contributed by atoms with van der Waals surface area (Å²) >= 11 is 1.56. The summed E-state index contributed by atoms with van der Waals surface area (Å²) in [5.41, 5.74) is 4.56. The molecule has 4 nitrogen and oxygen atoms in total. The molecule has 1 aliphatic rings. The Kier molecular flexibility index (Phi) is 4.52. The number of nitrogens with zero attached hydrogens (tertiary/aromatic N) is 1. The Morgan fingerprint density at radius 1 is 1.36 bits per heavy atom. The van der Waals surface area contributed by atoms with Gasteiger partial charge in [-0.25, -0.2) is 0 Å². The molecule has 1 atom stereocenters. The summed E-state index contributed by atoms with van der Waals surface area (Å²) in [4.78, 5) is 12.3. The van der Waals surface area contributed by atoms with Crippen LogP contribution >= 0.6 is 11.8 Å². The molecule has 116 valence electrons. The predicted molar refractivity (Wildman–Crippen MR) is 89.1 cm³/mol. The Morgan fingerprint density at radius 3 is 2.95 bits per heavy atom. The van der Waals surface area contributed by atoms with Gasteiger partial charge in [-0.2, -0.15) is 0 Å². The smallest absolute Gasteiger partial charge is 0.237 e. The quantitative estimate of drug-likeness (QED) is 0.913. The highest BCUT2D eigenvalue weighted by Gasteiger charge is 2.16. The minimum Gasteiger partial charge on any atom is -0.361 e. The monoisotopic (exact) mass is 316 g/mol. The molecule has 0 aliphatic heterocycles. The molecule has 0 saturated heterocycles. The maximum absolute atomic E-state index is 12.3. The van der Waals surface area contributed by atoms with Gasteiger partial charge in [0.2, 0.25) is 5.91 Å². The van der Waals surface area contributed by atoms with E-state index in [1.165, 1.54) is 17.5 Å². The van der Waals surface area contributed by atoms with E-state index in [9.17, 15) is 4.79 Å². The molecule has 0 spiro atoms. The molecule has 1 aromatic carbocycles. The van der Waals surface area contributed by atoms with Gasteiger partial charge in [-0.15, -0.1) is 11.8 Å². The van der Waals surface area contributed by atoms with Crippen LogP contribution in [0.2, 0.25) is 0 Å². The maximum atomic E-state index is 12.3. The highest BCUT2D eigenvalue weighted by molar-refractivity contribution is 7.99. The lowest BCUT2D eigenvalue weighted by Gasteiger charge is -2.12. The van der Waals surface area contributed by atoms with Crippen molar-refractivity contribution in [2.75, 3.05) is 5.32 Å². The van der Waals surface area contributed by atoms with Crippen molar-refractivity contribution in [2.24, 2.45) is 0 Å². The first-order valence-electron chi connectivity index (χ1n) is 7.58. The first-order chi connectivity index (χ1) is 10.6. The first kappa shape index (κ1) is 15.2. The van der Waals surface area contributed by atoms with Crippen molar-refractivity contribution >= 4 is 23.4 Å². The molecule has 1 amide bonds. The van der Waals surface area contributed by atoms with Gasteiger partial charge in [-0.05, 0) is 56.4 Å². The molecular formula is C17H20N2O2S. The fourth-order valence-electron chi connectivity index (χ4n) is 2.67. The van der Waals surface area contributed by atoms with Crippen LogP contribution < -0.4 is 5.32 Å². The van der Waals surface area contributed by atoms with Crippen molar-refractivity contribution in [1.82, 2.24) is 5.16 Å². The number of rotatable bonds is 5. The van der Waals surface area contributed by atoms with E-state index in [1.807, 2.05) is 26.0 Å². The van der Waals surface area contributed by atoms with E-state index in [2.05, 4.69) is 22.6 Å². The second-order valence-electron chi connectivity index (χ2n) is 5.71. The van der Waals surface area contributed by atoms with Gasteiger partial charge in [-0.1, -0.05) is 11.2 Å². The number of nitrogens with one attached hydrogen (secondary N) is 1. The molecule has 22 heavy (non-hydrogen) atoms. The normalized spacial score (nSPS) is 14.6. The van der Waals surface area contributed by atoms with E-state index in [0.29, 0.717) is 5.75 Å². The van der Waals surface area contributed by atoms with Gasteiger partial charge in [0.05, 0.1) is 10.9 Å². The summed E-state index contributed by atoms with van der Waals surface area (Å²) < 4.78 is 5.03. The Bertz CT molecular complexity index is 681. The Labute approximate surface area is 134 Å². The average Bonchev–Trinajstić information content (AvgIpc) is 3.12. The lowest BCUT2D eigenvalue weighted by atomic mass is 10.1. The number of carbonyl (C=O) groups is 1. The van der Waals surface area contributed by atoms with Gasteiger partial charge in [0.15, 0.2) is 0 Å². The van der Waals surface area contributed by atoms with Gasteiger partial charge >= 0.3 is 0 Å². The third-order valence-corrected chi connectivity index (χ3v) is 5.07. The molecule has 0 fully saturated rings. The number of aromatic nitrogens is 1. The van der Waals surface area contributed by atoms with E-state index in [0.717, 1.165) is 30.0 Å². The molecule has 1 heterocycles. The van der Waals surface area contributed by atoms with E-state index < -0.39 is 0 Å².